The van der Waals surface area contributed by atoms with Gasteiger partial charge in [0, 0.05) is 37.3 Å². The van der Waals surface area contributed by atoms with E-state index in [4.69, 9.17) is 15.6 Å². The first-order chi connectivity index (χ1) is 16.3. The molecule has 0 bridgehead atoms. The van der Waals surface area contributed by atoms with Crippen molar-refractivity contribution >= 4 is 22.6 Å². The number of phenols is 2. The summed E-state index contributed by atoms with van der Waals surface area (Å²) in [6, 6.07) is 12.8. The number of aromatic nitrogens is 2. The zero-order chi connectivity index (χ0) is 24.0. The van der Waals surface area contributed by atoms with Crippen molar-refractivity contribution in [2.45, 2.75) is 31.8 Å². The Balaban J connectivity index is 1.53. The van der Waals surface area contributed by atoms with Crippen LogP contribution in [0.3, 0.4) is 0 Å². The van der Waals surface area contributed by atoms with Gasteiger partial charge < -0.3 is 25.8 Å². The Bertz CT molecular complexity index is 1390. The minimum atomic E-state index is -0.868. The second kappa shape index (κ2) is 8.30. The average Bonchev–Trinajstić information content (AvgIpc) is 3.36. The predicted molar refractivity (Wildman–Crippen MR) is 128 cm³/mol. The number of carbonyl (C=O) groups is 1. The van der Waals surface area contributed by atoms with Crippen LogP contribution in [0.5, 0.6) is 17.2 Å². The second-order valence-electron chi connectivity index (χ2n) is 8.75. The van der Waals surface area contributed by atoms with Crippen molar-refractivity contribution in [3.05, 3.63) is 65.4 Å². The van der Waals surface area contributed by atoms with Crippen LogP contribution in [0.15, 0.2) is 48.7 Å². The highest BCUT2D eigenvalue weighted by atomic mass is 16.5. The molecule has 4 aromatic rings. The van der Waals surface area contributed by atoms with E-state index in [0.717, 1.165) is 38.7 Å². The maximum Gasteiger partial charge on any atom is 0.303 e. The molecule has 1 aliphatic rings. The number of nitrogen functional groups attached to an aromatic ring is 1. The molecule has 34 heavy (non-hydrogen) atoms. The minimum Gasteiger partial charge on any atom is -0.504 e. The Morgan fingerprint density at radius 2 is 1.82 bits per heavy atom. The van der Waals surface area contributed by atoms with Gasteiger partial charge in [0.25, 0.3) is 0 Å². The predicted octanol–water partition coefficient (Wildman–Crippen LogP) is 3.80. The van der Waals surface area contributed by atoms with E-state index in [1.165, 1.54) is 0 Å². The van der Waals surface area contributed by atoms with Crippen LogP contribution in [0, 0.1) is 0 Å². The van der Waals surface area contributed by atoms with Crippen molar-refractivity contribution in [3.63, 3.8) is 0 Å². The molecule has 5 rings (SSSR count). The highest BCUT2D eigenvalue weighted by Crippen LogP contribution is 2.41. The molecule has 8 nitrogen and oxygen atoms in total. The van der Waals surface area contributed by atoms with Crippen LogP contribution in [0.25, 0.3) is 22.0 Å². The van der Waals surface area contributed by atoms with Crippen LogP contribution in [0.1, 0.15) is 23.1 Å². The van der Waals surface area contributed by atoms with Crippen LogP contribution >= 0.6 is 0 Å². The van der Waals surface area contributed by atoms with E-state index in [9.17, 15) is 15.0 Å². The molecular formula is C26H25N3O5. The molecule has 1 heterocycles. The van der Waals surface area contributed by atoms with Crippen LogP contribution < -0.4 is 10.5 Å². The van der Waals surface area contributed by atoms with Gasteiger partial charge in [-0.05, 0) is 65.1 Å². The number of hydrogen-bond acceptors (Lipinski definition) is 6. The quantitative estimate of drug-likeness (QED) is 0.255. The first-order valence-corrected chi connectivity index (χ1v) is 11.0. The molecule has 8 heteroatoms. The van der Waals surface area contributed by atoms with Crippen LogP contribution in [0.2, 0.25) is 0 Å². The minimum absolute atomic E-state index is 0.00560. The number of aryl methyl sites for hydroxylation is 2. The third kappa shape index (κ3) is 3.98. The molecule has 174 valence electrons. The van der Waals surface area contributed by atoms with Crippen molar-refractivity contribution in [1.82, 2.24) is 9.78 Å². The Morgan fingerprint density at radius 3 is 2.50 bits per heavy atom. The first-order valence-electron chi connectivity index (χ1n) is 11.0. The Morgan fingerprint density at radius 1 is 1.12 bits per heavy atom. The Kier molecular flexibility index (Phi) is 5.28. The number of hydrogen-bond donors (Lipinski definition) is 4. The lowest BCUT2D eigenvalue weighted by atomic mass is 9.97. The molecule has 0 spiro atoms. The van der Waals surface area contributed by atoms with Gasteiger partial charge in [0.2, 0.25) is 0 Å². The smallest absolute Gasteiger partial charge is 0.303 e. The number of nitrogens with two attached hydrogens (primary N) is 1. The van der Waals surface area contributed by atoms with Gasteiger partial charge in [-0.3, -0.25) is 9.48 Å². The standard InChI is InChI=1S/C26H25N3O5/c1-29-22-4-3-15(8-18(22)13-28-29)20-6-14(2-5-25(32)33)7-21(27)26(20)34-19-9-16-11-23(30)24(31)12-17(16)10-19/h3-4,6-8,11-13,19,30-31H,2,5,9-10,27H2,1H3,(H,32,33). The van der Waals surface area contributed by atoms with Gasteiger partial charge in [-0.25, -0.2) is 0 Å². The average molecular weight is 460 g/mol. The van der Waals surface area contributed by atoms with Crippen molar-refractivity contribution in [2.24, 2.45) is 7.05 Å². The van der Waals surface area contributed by atoms with Crippen molar-refractivity contribution < 1.29 is 24.9 Å². The summed E-state index contributed by atoms with van der Waals surface area (Å²) >= 11 is 0. The number of nitrogens with zero attached hydrogens (tertiary/aromatic N) is 2. The van der Waals surface area contributed by atoms with Gasteiger partial charge in [0.1, 0.15) is 11.9 Å². The largest absolute Gasteiger partial charge is 0.504 e. The molecule has 5 N–H and O–H groups in total. The SMILES string of the molecule is Cn1ncc2cc(-c3cc(CCC(=O)O)cc(N)c3OC3Cc4cc(O)c(O)cc4C3)ccc21. The lowest BCUT2D eigenvalue weighted by molar-refractivity contribution is -0.136. The lowest BCUT2D eigenvalue weighted by Crippen LogP contribution is -2.18. The van der Waals surface area contributed by atoms with Crippen LogP contribution in [-0.4, -0.2) is 37.2 Å². The van der Waals surface area contributed by atoms with E-state index in [1.807, 2.05) is 31.3 Å². The van der Waals surface area contributed by atoms with Crippen molar-refractivity contribution in [3.8, 4) is 28.4 Å². The number of aromatic hydroxyl groups is 2. The third-order valence-corrected chi connectivity index (χ3v) is 6.34. The number of fused-ring (bicyclic) bond motifs is 2. The molecule has 1 aromatic heterocycles. The Hall–Kier alpha value is -4.20. The summed E-state index contributed by atoms with van der Waals surface area (Å²) in [5, 5.41) is 34.1. The monoisotopic (exact) mass is 459 g/mol. The van der Waals surface area contributed by atoms with Crippen LogP contribution in [0.4, 0.5) is 5.69 Å². The van der Waals surface area contributed by atoms with Gasteiger partial charge in [0.05, 0.1) is 17.4 Å². The highest BCUT2D eigenvalue weighted by molar-refractivity contribution is 5.87. The summed E-state index contributed by atoms with van der Waals surface area (Å²) in [5.41, 5.74) is 12.2. The number of carboxylic acids is 1. The van der Waals surface area contributed by atoms with E-state index < -0.39 is 5.97 Å². The fourth-order valence-electron chi connectivity index (χ4n) is 4.64. The van der Waals surface area contributed by atoms with Crippen molar-refractivity contribution in [1.29, 1.82) is 0 Å². The molecule has 0 atom stereocenters. The van der Waals surface area contributed by atoms with E-state index in [0.29, 0.717) is 30.7 Å². The maximum absolute atomic E-state index is 11.1. The molecule has 0 saturated heterocycles. The molecule has 0 amide bonds. The third-order valence-electron chi connectivity index (χ3n) is 6.34. The van der Waals surface area contributed by atoms with Gasteiger partial charge in [-0.15, -0.1) is 0 Å². The molecule has 0 radical (unpaired) electrons. The summed E-state index contributed by atoms with van der Waals surface area (Å²) in [6.07, 6.45) is 3.09. The molecular weight excluding hydrogens is 434 g/mol. The summed E-state index contributed by atoms with van der Waals surface area (Å²) < 4.78 is 8.23. The van der Waals surface area contributed by atoms with Crippen LogP contribution in [-0.2, 0) is 31.1 Å². The van der Waals surface area contributed by atoms with E-state index in [1.54, 1.807) is 29.1 Å². The topological polar surface area (TPSA) is 131 Å². The van der Waals surface area contributed by atoms with Gasteiger partial charge in [-0.2, -0.15) is 5.10 Å². The number of anilines is 1. The van der Waals surface area contributed by atoms with Gasteiger partial charge in [-0.1, -0.05) is 6.07 Å². The summed E-state index contributed by atoms with van der Waals surface area (Å²) in [5.74, 6) is -0.625. The molecule has 0 fully saturated rings. The maximum atomic E-state index is 11.1. The van der Waals surface area contributed by atoms with Gasteiger partial charge in [0.15, 0.2) is 11.5 Å². The first kappa shape index (κ1) is 21.6. The summed E-state index contributed by atoms with van der Waals surface area (Å²) in [7, 11) is 1.88. The molecule has 0 aliphatic heterocycles. The normalized spacial score (nSPS) is 13.3. The number of aliphatic carboxylic acids is 1. The lowest BCUT2D eigenvalue weighted by Gasteiger charge is -2.20. The fraction of sp³-hybridized carbons (Fsp3) is 0.231. The number of phenolic OH excluding ortho intramolecular Hbond substituents is 2. The molecule has 0 unspecified atom stereocenters. The number of rotatable bonds is 6. The highest BCUT2D eigenvalue weighted by Gasteiger charge is 2.27. The second-order valence-corrected chi connectivity index (χ2v) is 8.75. The molecule has 1 aliphatic carbocycles. The fourth-order valence-corrected chi connectivity index (χ4v) is 4.64. The number of benzene rings is 3. The van der Waals surface area contributed by atoms with Gasteiger partial charge >= 0.3 is 5.97 Å². The summed E-state index contributed by atoms with van der Waals surface area (Å²) in [4.78, 5) is 11.1. The van der Waals surface area contributed by atoms with E-state index in [2.05, 4.69) is 5.10 Å². The van der Waals surface area contributed by atoms with E-state index >= 15 is 0 Å². The molecule has 0 saturated carbocycles. The number of carboxylic acid groups (broad SMARTS) is 1. The zero-order valence-electron chi connectivity index (χ0n) is 18.7. The molecule has 3 aromatic carbocycles. The van der Waals surface area contributed by atoms with E-state index in [-0.39, 0.29) is 24.0 Å². The van der Waals surface area contributed by atoms with Crippen molar-refractivity contribution in [2.75, 3.05) is 5.73 Å². The number of ether oxygens (including phenoxy) is 1. The Labute approximate surface area is 195 Å². The summed E-state index contributed by atoms with van der Waals surface area (Å²) in [6.45, 7) is 0. The zero-order valence-corrected chi connectivity index (χ0v) is 18.7.